The van der Waals surface area contributed by atoms with Gasteiger partial charge in [-0.3, -0.25) is 0 Å². The molecule has 2 N–H and O–H groups in total. The summed E-state index contributed by atoms with van der Waals surface area (Å²) in [5.41, 5.74) is 1.61. The first-order valence-corrected chi connectivity index (χ1v) is 10.1. The zero-order valence-corrected chi connectivity index (χ0v) is 15.2. The fraction of sp³-hybridized carbons (Fsp3) is 0.471. The van der Waals surface area contributed by atoms with Crippen molar-refractivity contribution >= 4 is 34.5 Å². The zero-order valence-electron chi connectivity index (χ0n) is 13.6. The fourth-order valence-corrected chi connectivity index (χ4v) is 4.05. The minimum Gasteiger partial charge on any atom is -0.507 e. The van der Waals surface area contributed by atoms with Gasteiger partial charge in [-0.1, -0.05) is 6.92 Å². The second-order valence-corrected chi connectivity index (χ2v) is 7.79. The van der Waals surface area contributed by atoms with Gasteiger partial charge < -0.3 is 14.8 Å². The number of hydrogen-bond acceptors (Lipinski definition) is 6. The van der Waals surface area contributed by atoms with Crippen LogP contribution >= 0.6 is 23.5 Å². The predicted molar refractivity (Wildman–Crippen MR) is 101 cm³/mol. The van der Waals surface area contributed by atoms with Crippen molar-refractivity contribution in [3.8, 4) is 5.75 Å². The standard InChI is InChI=1S/C17H23NO3S2/c1-3-22-8-9-23-7-6-18-11-14-15(19)5-4-13-12(2)10-16(20)21-17(13)14/h4-5,10,18-19H,3,6-9,11H2,1-2H3. The van der Waals surface area contributed by atoms with E-state index in [0.717, 1.165) is 29.0 Å². The number of fused-ring (bicyclic) bond motifs is 1. The van der Waals surface area contributed by atoms with Crippen LogP contribution in [0, 0.1) is 6.92 Å². The Hall–Kier alpha value is -1.11. The van der Waals surface area contributed by atoms with Crippen LogP contribution in [0.4, 0.5) is 0 Å². The van der Waals surface area contributed by atoms with E-state index in [1.807, 2.05) is 30.4 Å². The van der Waals surface area contributed by atoms with Crippen LogP contribution in [0.2, 0.25) is 0 Å². The largest absolute Gasteiger partial charge is 0.507 e. The first-order chi connectivity index (χ1) is 11.1. The third kappa shape index (κ3) is 5.19. The van der Waals surface area contributed by atoms with Gasteiger partial charge in [-0.2, -0.15) is 23.5 Å². The maximum Gasteiger partial charge on any atom is 0.336 e. The Labute approximate surface area is 145 Å². The van der Waals surface area contributed by atoms with Crippen molar-refractivity contribution in [1.82, 2.24) is 5.32 Å². The summed E-state index contributed by atoms with van der Waals surface area (Å²) in [5, 5.41) is 14.3. The number of nitrogens with one attached hydrogen (secondary N) is 1. The molecule has 1 heterocycles. The molecule has 0 bridgehead atoms. The van der Waals surface area contributed by atoms with Gasteiger partial charge in [0.25, 0.3) is 0 Å². The molecule has 0 aliphatic carbocycles. The third-order valence-corrected chi connectivity index (χ3v) is 5.64. The van der Waals surface area contributed by atoms with Crippen molar-refractivity contribution in [2.75, 3.05) is 29.6 Å². The summed E-state index contributed by atoms with van der Waals surface area (Å²) in [5.74, 6) is 4.71. The summed E-state index contributed by atoms with van der Waals surface area (Å²) < 4.78 is 5.31. The zero-order chi connectivity index (χ0) is 16.7. The third-order valence-electron chi connectivity index (χ3n) is 3.50. The Morgan fingerprint density at radius 2 is 2.00 bits per heavy atom. The molecule has 0 unspecified atom stereocenters. The van der Waals surface area contributed by atoms with Crippen LogP contribution in [-0.4, -0.2) is 34.7 Å². The van der Waals surface area contributed by atoms with Crippen molar-refractivity contribution in [3.63, 3.8) is 0 Å². The Morgan fingerprint density at radius 3 is 2.78 bits per heavy atom. The van der Waals surface area contributed by atoms with Crippen LogP contribution in [0.15, 0.2) is 27.4 Å². The van der Waals surface area contributed by atoms with E-state index >= 15 is 0 Å². The number of aryl methyl sites for hydroxylation is 1. The van der Waals surface area contributed by atoms with Gasteiger partial charge in [-0.05, 0) is 30.4 Å². The molecule has 0 aliphatic heterocycles. The molecule has 0 saturated carbocycles. The van der Waals surface area contributed by atoms with Crippen LogP contribution in [0.5, 0.6) is 5.75 Å². The van der Waals surface area contributed by atoms with Gasteiger partial charge in [-0.25, -0.2) is 4.79 Å². The molecule has 0 radical (unpaired) electrons. The topological polar surface area (TPSA) is 62.5 Å². The monoisotopic (exact) mass is 353 g/mol. The number of aromatic hydroxyl groups is 1. The van der Waals surface area contributed by atoms with Gasteiger partial charge in [0.15, 0.2) is 0 Å². The molecule has 0 atom stereocenters. The van der Waals surface area contributed by atoms with E-state index < -0.39 is 0 Å². The molecule has 6 heteroatoms. The highest BCUT2D eigenvalue weighted by Crippen LogP contribution is 2.27. The fourth-order valence-electron chi connectivity index (χ4n) is 2.32. The normalized spacial score (nSPS) is 11.2. The molecule has 23 heavy (non-hydrogen) atoms. The van der Waals surface area contributed by atoms with Crippen molar-refractivity contribution in [2.45, 2.75) is 20.4 Å². The van der Waals surface area contributed by atoms with E-state index in [-0.39, 0.29) is 11.4 Å². The molecule has 0 amide bonds. The second-order valence-electron chi connectivity index (χ2n) is 5.17. The number of hydrogen-bond donors (Lipinski definition) is 2. The number of benzene rings is 1. The summed E-state index contributed by atoms with van der Waals surface area (Å²) in [4.78, 5) is 11.6. The Bertz CT molecular complexity index is 700. The van der Waals surface area contributed by atoms with Crippen LogP contribution in [0.1, 0.15) is 18.1 Å². The Kier molecular flexibility index (Phi) is 7.33. The van der Waals surface area contributed by atoms with Crippen molar-refractivity contribution in [1.29, 1.82) is 0 Å². The van der Waals surface area contributed by atoms with E-state index in [9.17, 15) is 9.90 Å². The summed E-state index contributed by atoms with van der Waals surface area (Å²) in [7, 11) is 0. The average molecular weight is 354 g/mol. The molecule has 0 saturated heterocycles. The highest BCUT2D eigenvalue weighted by Gasteiger charge is 2.11. The second kappa shape index (κ2) is 9.25. The minimum atomic E-state index is -0.383. The van der Waals surface area contributed by atoms with E-state index in [1.165, 1.54) is 17.6 Å². The van der Waals surface area contributed by atoms with E-state index in [4.69, 9.17) is 4.42 Å². The first-order valence-electron chi connectivity index (χ1n) is 7.75. The van der Waals surface area contributed by atoms with Crippen molar-refractivity contribution in [3.05, 3.63) is 39.7 Å². The number of phenolic OH excluding ortho intramolecular Hbond substituents is 1. The highest BCUT2D eigenvalue weighted by atomic mass is 32.2. The minimum absolute atomic E-state index is 0.158. The molecule has 1 aromatic carbocycles. The summed E-state index contributed by atoms with van der Waals surface area (Å²) in [6.07, 6.45) is 0. The van der Waals surface area contributed by atoms with Gasteiger partial charge in [0, 0.05) is 41.8 Å². The van der Waals surface area contributed by atoms with Crippen LogP contribution in [0.25, 0.3) is 11.0 Å². The average Bonchev–Trinajstić information content (AvgIpc) is 2.51. The molecular weight excluding hydrogens is 330 g/mol. The summed E-state index contributed by atoms with van der Waals surface area (Å²) >= 11 is 3.88. The molecule has 2 aromatic rings. The molecule has 0 spiro atoms. The Morgan fingerprint density at radius 1 is 1.22 bits per heavy atom. The first kappa shape index (κ1) is 18.2. The van der Waals surface area contributed by atoms with Crippen molar-refractivity contribution in [2.24, 2.45) is 0 Å². The van der Waals surface area contributed by atoms with E-state index in [2.05, 4.69) is 12.2 Å². The van der Waals surface area contributed by atoms with Crippen LogP contribution < -0.4 is 10.9 Å². The SMILES string of the molecule is CCSCCSCCNCc1c(O)ccc2c(C)cc(=O)oc12. The number of rotatable bonds is 9. The molecule has 1 aromatic heterocycles. The van der Waals surface area contributed by atoms with Crippen LogP contribution in [-0.2, 0) is 6.54 Å². The lowest BCUT2D eigenvalue weighted by Crippen LogP contribution is -2.17. The lowest BCUT2D eigenvalue weighted by atomic mass is 10.1. The van der Waals surface area contributed by atoms with Gasteiger partial charge in [-0.15, -0.1) is 0 Å². The lowest BCUT2D eigenvalue weighted by molar-refractivity contribution is 0.461. The molecule has 0 fully saturated rings. The predicted octanol–water partition coefficient (Wildman–Crippen LogP) is 3.38. The maximum absolute atomic E-state index is 11.6. The molecule has 4 nitrogen and oxygen atoms in total. The van der Waals surface area contributed by atoms with Gasteiger partial charge in [0.1, 0.15) is 11.3 Å². The van der Waals surface area contributed by atoms with Crippen molar-refractivity contribution < 1.29 is 9.52 Å². The van der Waals surface area contributed by atoms with Crippen LogP contribution in [0.3, 0.4) is 0 Å². The van der Waals surface area contributed by atoms with Gasteiger partial charge >= 0.3 is 5.63 Å². The summed E-state index contributed by atoms with van der Waals surface area (Å²) in [6, 6.07) is 4.91. The molecule has 2 rings (SSSR count). The highest BCUT2D eigenvalue weighted by molar-refractivity contribution is 8.02. The lowest BCUT2D eigenvalue weighted by Gasteiger charge is -2.10. The molecule has 0 aliphatic rings. The quantitative estimate of drug-likeness (QED) is 0.532. The van der Waals surface area contributed by atoms with Gasteiger partial charge in [0.2, 0.25) is 0 Å². The Balaban J connectivity index is 1.95. The number of thioether (sulfide) groups is 2. The van der Waals surface area contributed by atoms with Gasteiger partial charge in [0.05, 0.1) is 5.56 Å². The van der Waals surface area contributed by atoms with E-state index in [0.29, 0.717) is 17.7 Å². The van der Waals surface area contributed by atoms with E-state index in [1.54, 1.807) is 12.1 Å². The summed E-state index contributed by atoms with van der Waals surface area (Å²) in [6.45, 7) is 5.39. The molecular formula is C17H23NO3S2. The maximum atomic E-state index is 11.6. The molecule has 126 valence electrons. The smallest absolute Gasteiger partial charge is 0.336 e. The number of phenols is 1.